The average molecular weight is 596 g/mol. The third-order valence-corrected chi connectivity index (χ3v) is 8.50. The number of esters is 1. The summed E-state index contributed by atoms with van der Waals surface area (Å²) in [5.41, 5.74) is -0.121. The zero-order valence-electron chi connectivity index (χ0n) is 23.5. The van der Waals surface area contributed by atoms with Gasteiger partial charge >= 0.3 is 12.1 Å². The molecule has 3 atom stereocenters. The van der Waals surface area contributed by atoms with Crippen LogP contribution in [0.2, 0.25) is 0 Å². The first-order chi connectivity index (χ1) is 20.2. The van der Waals surface area contributed by atoms with Crippen molar-refractivity contribution in [3.8, 4) is 0 Å². The van der Waals surface area contributed by atoms with E-state index in [1.807, 2.05) is 4.90 Å². The number of nitrogens with zero attached hydrogens (tertiary/aromatic N) is 4. The van der Waals surface area contributed by atoms with Crippen LogP contribution >= 0.6 is 0 Å². The molecule has 2 saturated heterocycles. The van der Waals surface area contributed by atoms with Crippen molar-refractivity contribution >= 4 is 17.6 Å². The van der Waals surface area contributed by atoms with Crippen molar-refractivity contribution in [1.82, 2.24) is 14.9 Å². The van der Waals surface area contributed by atoms with E-state index in [1.54, 1.807) is 4.90 Å². The Balaban J connectivity index is 1.22. The molecule has 1 aromatic heterocycles. The van der Waals surface area contributed by atoms with Gasteiger partial charge in [-0.25, -0.2) is 9.97 Å². The number of piperidine rings is 1. The van der Waals surface area contributed by atoms with Gasteiger partial charge in [0.15, 0.2) is 11.6 Å². The topological polar surface area (TPSA) is 100 Å². The summed E-state index contributed by atoms with van der Waals surface area (Å²) in [5, 5.41) is 14.0. The van der Waals surface area contributed by atoms with E-state index in [0.717, 1.165) is 37.8 Å². The highest BCUT2D eigenvalue weighted by molar-refractivity contribution is 5.76. The Bertz CT molecular complexity index is 1210. The average Bonchev–Trinajstić information content (AvgIpc) is 3.82. The Morgan fingerprint density at radius 1 is 1.17 bits per heavy atom. The van der Waals surface area contributed by atoms with Crippen LogP contribution in [0.15, 0.2) is 30.6 Å². The highest BCUT2D eigenvalue weighted by Crippen LogP contribution is 2.36. The van der Waals surface area contributed by atoms with E-state index in [-0.39, 0.29) is 48.6 Å². The quantitative estimate of drug-likeness (QED) is 0.313. The number of aromatic nitrogens is 2. The van der Waals surface area contributed by atoms with Crippen molar-refractivity contribution in [3.05, 3.63) is 47.5 Å². The molecule has 3 aliphatic rings. The summed E-state index contributed by atoms with van der Waals surface area (Å²) < 4.78 is 65.1. The Morgan fingerprint density at radius 2 is 1.88 bits per heavy atom. The van der Waals surface area contributed by atoms with E-state index in [2.05, 4.69) is 15.3 Å². The number of methoxy groups -OCH3 is 1. The van der Waals surface area contributed by atoms with Gasteiger partial charge in [-0.3, -0.25) is 9.69 Å². The van der Waals surface area contributed by atoms with Gasteiger partial charge in [-0.2, -0.15) is 17.6 Å². The van der Waals surface area contributed by atoms with Crippen LogP contribution in [0.4, 0.5) is 29.2 Å². The first-order valence-corrected chi connectivity index (χ1v) is 14.4. The van der Waals surface area contributed by atoms with Gasteiger partial charge in [0.1, 0.15) is 12.4 Å². The molecule has 1 aromatic carbocycles. The number of hydrogen-bond donors (Lipinski definition) is 2. The number of β-amino-alcohol motifs (C(OH)–C–C–N with tert-alkyl or cyclic N) is 1. The third-order valence-electron chi connectivity index (χ3n) is 8.50. The Morgan fingerprint density at radius 3 is 2.50 bits per heavy atom. The number of hydrogen-bond acceptors (Lipinski definition) is 9. The monoisotopic (exact) mass is 595 g/mol. The molecule has 3 fully saturated rings. The number of benzene rings is 1. The summed E-state index contributed by atoms with van der Waals surface area (Å²) in [4.78, 5) is 24.7. The summed E-state index contributed by atoms with van der Waals surface area (Å²) in [7, 11) is 1.38. The molecule has 2 aliphatic heterocycles. The first kappa shape index (κ1) is 30.4. The summed E-state index contributed by atoms with van der Waals surface area (Å²) >= 11 is 0. The van der Waals surface area contributed by atoms with Gasteiger partial charge in [-0.05, 0) is 62.3 Å². The van der Waals surface area contributed by atoms with E-state index < -0.39 is 29.7 Å². The largest absolute Gasteiger partial charge is 0.468 e. The summed E-state index contributed by atoms with van der Waals surface area (Å²) in [5.74, 6) is -0.964. The zero-order chi connectivity index (χ0) is 29.9. The lowest BCUT2D eigenvalue weighted by molar-refractivity contribution is -0.153. The molecule has 2 aromatic rings. The number of nitrogens with one attached hydrogen (secondary N) is 1. The van der Waals surface area contributed by atoms with Gasteiger partial charge in [0.05, 0.1) is 18.8 Å². The lowest BCUT2D eigenvalue weighted by Gasteiger charge is -2.42. The molecule has 0 radical (unpaired) electrons. The van der Waals surface area contributed by atoms with E-state index in [9.17, 15) is 23.1 Å². The zero-order valence-corrected chi connectivity index (χ0v) is 23.5. The van der Waals surface area contributed by atoms with Crippen LogP contribution in [0.3, 0.4) is 0 Å². The van der Waals surface area contributed by atoms with Gasteiger partial charge in [-0.1, -0.05) is 12.1 Å². The summed E-state index contributed by atoms with van der Waals surface area (Å²) in [6.07, 6.45) is -0.150. The van der Waals surface area contributed by atoms with Crippen molar-refractivity contribution < 1.29 is 36.9 Å². The molecule has 9 nitrogen and oxygen atoms in total. The maximum Gasteiger partial charge on any atom is 0.416 e. The van der Waals surface area contributed by atoms with Crippen molar-refractivity contribution in [2.75, 3.05) is 50.2 Å². The number of ether oxygens (including phenoxy) is 2. The van der Waals surface area contributed by atoms with Crippen LogP contribution in [0.5, 0.6) is 0 Å². The fourth-order valence-electron chi connectivity index (χ4n) is 5.96. The molecule has 0 bridgehead atoms. The number of likely N-dealkylation sites (tertiary alicyclic amines) is 1. The lowest BCUT2D eigenvalue weighted by Crippen LogP contribution is -2.55. The SMILES string of the molecule is COC(=O)[C@@H](C1CCOCC1)N1CC[C@H](CNc2ncnc(N(Cc3ccc(C(F)(F)F)cc3)C3CC3)c2F)[C@@H](O)C1. The molecule has 42 heavy (non-hydrogen) atoms. The Labute approximate surface area is 242 Å². The number of anilines is 2. The number of carbonyl (C=O) groups is 1. The highest BCUT2D eigenvalue weighted by atomic mass is 19.4. The molecule has 1 saturated carbocycles. The predicted octanol–water partition coefficient (Wildman–Crippen LogP) is 3.87. The molecule has 1 aliphatic carbocycles. The third kappa shape index (κ3) is 7.12. The number of aliphatic hydroxyl groups excluding tert-OH is 1. The fraction of sp³-hybridized carbons (Fsp3) is 0.621. The molecule has 13 heteroatoms. The second-order valence-electron chi connectivity index (χ2n) is 11.3. The van der Waals surface area contributed by atoms with Crippen LogP contribution in [0, 0.1) is 17.7 Å². The first-order valence-electron chi connectivity index (χ1n) is 14.4. The lowest BCUT2D eigenvalue weighted by atomic mass is 9.86. The standard InChI is InChI=1S/C29H37F4N5O4/c1-41-28(40)25(19-9-12-42-13-10-19)37-11-8-20(23(39)16-37)14-34-26-24(30)27(36-17-35-26)38(22-6-7-22)15-18-2-4-21(5-3-18)29(31,32)33/h2-5,17,19-20,22-23,25,39H,6-16H2,1H3,(H,34,35,36)/t20-,23+,25-/m1/s1. The van der Waals surface area contributed by atoms with E-state index in [1.165, 1.54) is 25.6 Å². The van der Waals surface area contributed by atoms with Crippen LogP contribution < -0.4 is 10.2 Å². The highest BCUT2D eigenvalue weighted by Gasteiger charge is 2.40. The summed E-state index contributed by atoms with van der Waals surface area (Å²) in [6, 6.07) is 4.44. The van der Waals surface area contributed by atoms with Gasteiger partial charge < -0.3 is 24.8 Å². The molecule has 5 rings (SSSR count). The van der Waals surface area contributed by atoms with E-state index in [4.69, 9.17) is 9.47 Å². The normalized spacial score (nSPS) is 22.9. The van der Waals surface area contributed by atoms with Crippen molar-refractivity contribution in [3.63, 3.8) is 0 Å². The van der Waals surface area contributed by atoms with Crippen molar-refractivity contribution in [2.45, 2.75) is 63.0 Å². The van der Waals surface area contributed by atoms with Gasteiger partial charge in [0.25, 0.3) is 0 Å². The maximum absolute atomic E-state index is 15.7. The van der Waals surface area contributed by atoms with E-state index in [0.29, 0.717) is 38.3 Å². The fourth-order valence-corrected chi connectivity index (χ4v) is 5.96. The second-order valence-corrected chi connectivity index (χ2v) is 11.3. The number of halogens is 4. The van der Waals surface area contributed by atoms with Crippen LogP contribution in [0.1, 0.15) is 43.2 Å². The van der Waals surface area contributed by atoms with Crippen LogP contribution in [-0.2, 0) is 27.0 Å². The van der Waals surface area contributed by atoms with Gasteiger partial charge in [-0.15, -0.1) is 0 Å². The summed E-state index contributed by atoms with van der Waals surface area (Å²) in [6.45, 7) is 2.54. The van der Waals surface area contributed by atoms with Crippen molar-refractivity contribution in [1.29, 1.82) is 0 Å². The van der Waals surface area contributed by atoms with E-state index >= 15 is 4.39 Å². The Kier molecular flexibility index (Phi) is 9.48. The number of rotatable bonds is 10. The maximum atomic E-state index is 15.7. The number of aliphatic hydroxyl groups is 1. The molecular weight excluding hydrogens is 558 g/mol. The molecular formula is C29H37F4N5O4. The molecule has 230 valence electrons. The minimum Gasteiger partial charge on any atom is -0.468 e. The van der Waals surface area contributed by atoms with Gasteiger partial charge in [0.2, 0.25) is 5.82 Å². The van der Waals surface area contributed by atoms with Crippen LogP contribution in [0.25, 0.3) is 0 Å². The molecule has 3 heterocycles. The minimum absolute atomic E-state index is 0.00217. The minimum atomic E-state index is -4.42. The van der Waals surface area contributed by atoms with Crippen molar-refractivity contribution in [2.24, 2.45) is 11.8 Å². The number of alkyl halides is 3. The number of carbonyl (C=O) groups excluding carboxylic acids is 1. The second kappa shape index (κ2) is 13.1. The smallest absolute Gasteiger partial charge is 0.416 e. The molecule has 0 unspecified atom stereocenters. The molecule has 2 N–H and O–H groups in total. The molecule has 0 amide bonds. The molecule has 0 spiro atoms. The predicted molar refractivity (Wildman–Crippen MR) is 146 cm³/mol. The van der Waals surface area contributed by atoms with Crippen LogP contribution in [-0.4, -0.2) is 84.1 Å². The Hall–Kier alpha value is -3.03. The van der Waals surface area contributed by atoms with Gasteiger partial charge in [0, 0.05) is 44.8 Å².